The highest BCUT2D eigenvalue weighted by Gasteiger charge is 2.11. The normalized spacial score (nSPS) is 10.5. The molecule has 2 aromatic carbocycles. The molecule has 0 aliphatic rings. The van der Waals surface area contributed by atoms with E-state index in [1.54, 1.807) is 0 Å². The SMILES string of the molecule is O=C(Nc1ccc(F)c(F)c1)c1cccc(OC(F)F)c1. The third-order valence-corrected chi connectivity index (χ3v) is 2.50. The number of nitrogens with one attached hydrogen (secondary N) is 1. The molecule has 0 saturated carbocycles. The van der Waals surface area contributed by atoms with Gasteiger partial charge in [-0.2, -0.15) is 8.78 Å². The molecule has 1 N–H and O–H groups in total. The predicted molar refractivity (Wildman–Crippen MR) is 67.4 cm³/mol. The smallest absolute Gasteiger partial charge is 0.387 e. The monoisotopic (exact) mass is 299 g/mol. The predicted octanol–water partition coefficient (Wildman–Crippen LogP) is 3.82. The van der Waals surface area contributed by atoms with Gasteiger partial charge in [0.25, 0.3) is 5.91 Å². The Morgan fingerprint density at radius 2 is 1.81 bits per heavy atom. The van der Waals surface area contributed by atoms with Gasteiger partial charge in [0, 0.05) is 17.3 Å². The number of anilines is 1. The van der Waals surface area contributed by atoms with E-state index < -0.39 is 24.2 Å². The van der Waals surface area contributed by atoms with Gasteiger partial charge in [-0.15, -0.1) is 0 Å². The minimum absolute atomic E-state index is 0.0397. The number of halogens is 4. The van der Waals surface area contributed by atoms with Crippen molar-refractivity contribution < 1.29 is 27.1 Å². The average molecular weight is 299 g/mol. The first kappa shape index (κ1) is 14.8. The summed E-state index contributed by atoms with van der Waals surface area (Å²) < 4.78 is 54.1. The molecule has 0 aromatic heterocycles. The molecule has 3 nitrogen and oxygen atoms in total. The van der Waals surface area contributed by atoms with E-state index in [0.29, 0.717) is 0 Å². The highest BCUT2D eigenvalue weighted by atomic mass is 19.3. The second kappa shape index (κ2) is 6.25. The summed E-state index contributed by atoms with van der Waals surface area (Å²) in [6.07, 6.45) is 0. The van der Waals surface area contributed by atoms with E-state index in [4.69, 9.17) is 0 Å². The second-order valence-corrected chi connectivity index (χ2v) is 3.99. The topological polar surface area (TPSA) is 38.3 Å². The number of hydrogen-bond acceptors (Lipinski definition) is 2. The summed E-state index contributed by atoms with van der Waals surface area (Å²) in [4.78, 5) is 11.9. The zero-order valence-corrected chi connectivity index (χ0v) is 10.4. The van der Waals surface area contributed by atoms with Crippen LogP contribution in [0.5, 0.6) is 5.75 Å². The summed E-state index contributed by atoms with van der Waals surface area (Å²) in [5.74, 6) is -2.99. The molecule has 2 aromatic rings. The van der Waals surface area contributed by atoms with Crippen LogP contribution in [-0.2, 0) is 0 Å². The van der Waals surface area contributed by atoms with Crippen molar-refractivity contribution in [2.45, 2.75) is 6.61 Å². The summed E-state index contributed by atoms with van der Waals surface area (Å²) in [6, 6.07) is 7.96. The fourth-order valence-electron chi connectivity index (χ4n) is 1.59. The van der Waals surface area contributed by atoms with Crippen LogP contribution < -0.4 is 10.1 Å². The van der Waals surface area contributed by atoms with E-state index in [1.807, 2.05) is 0 Å². The average Bonchev–Trinajstić information content (AvgIpc) is 2.42. The van der Waals surface area contributed by atoms with Crippen molar-refractivity contribution in [1.29, 1.82) is 0 Å². The highest BCUT2D eigenvalue weighted by molar-refractivity contribution is 6.04. The number of ether oxygens (including phenoxy) is 1. The van der Waals surface area contributed by atoms with Gasteiger partial charge in [-0.05, 0) is 30.3 Å². The standard InChI is InChI=1S/C14H9F4NO2/c15-11-5-4-9(7-12(11)16)19-13(20)8-2-1-3-10(6-8)21-14(17)18/h1-7,14H,(H,19,20). The minimum Gasteiger partial charge on any atom is -0.435 e. The first-order valence-corrected chi connectivity index (χ1v) is 5.77. The fourth-order valence-corrected chi connectivity index (χ4v) is 1.59. The molecule has 0 heterocycles. The minimum atomic E-state index is -3.01. The zero-order chi connectivity index (χ0) is 15.4. The fraction of sp³-hybridized carbons (Fsp3) is 0.0714. The molecule has 0 atom stereocenters. The molecule has 1 amide bonds. The van der Waals surface area contributed by atoms with Gasteiger partial charge in [0.05, 0.1) is 0 Å². The van der Waals surface area contributed by atoms with E-state index >= 15 is 0 Å². The first-order chi connectivity index (χ1) is 9.95. The molecule has 0 unspecified atom stereocenters. The number of amides is 1. The van der Waals surface area contributed by atoms with Crippen LogP contribution in [-0.4, -0.2) is 12.5 Å². The number of benzene rings is 2. The molecule has 0 aliphatic heterocycles. The van der Waals surface area contributed by atoms with Crippen molar-refractivity contribution in [2.24, 2.45) is 0 Å². The van der Waals surface area contributed by atoms with Crippen molar-refractivity contribution in [3.63, 3.8) is 0 Å². The Hall–Kier alpha value is -2.57. The van der Waals surface area contributed by atoms with Gasteiger partial charge in [-0.1, -0.05) is 6.07 Å². The van der Waals surface area contributed by atoms with Crippen LogP contribution in [0, 0.1) is 11.6 Å². The number of carbonyl (C=O) groups excluding carboxylic acids is 1. The maximum Gasteiger partial charge on any atom is 0.387 e. The summed E-state index contributed by atoms with van der Waals surface area (Å²) in [5, 5.41) is 2.32. The Bertz CT molecular complexity index is 661. The number of alkyl halides is 2. The maximum atomic E-state index is 13.0. The summed E-state index contributed by atoms with van der Waals surface area (Å²) >= 11 is 0. The van der Waals surface area contributed by atoms with Gasteiger partial charge in [0.2, 0.25) is 0 Å². The Morgan fingerprint density at radius 1 is 1.05 bits per heavy atom. The van der Waals surface area contributed by atoms with Crippen LogP contribution in [0.25, 0.3) is 0 Å². The third-order valence-electron chi connectivity index (χ3n) is 2.50. The van der Waals surface area contributed by atoms with Crippen molar-refractivity contribution in [2.75, 3.05) is 5.32 Å². The Kier molecular flexibility index (Phi) is 4.42. The van der Waals surface area contributed by atoms with Crippen LogP contribution in [0.4, 0.5) is 23.2 Å². The second-order valence-electron chi connectivity index (χ2n) is 3.99. The third kappa shape index (κ3) is 3.95. The lowest BCUT2D eigenvalue weighted by Gasteiger charge is -2.08. The molecule has 110 valence electrons. The van der Waals surface area contributed by atoms with E-state index in [9.17, 15) is 22.4 Å². The zero-order valence-electron chi connectivity index (χ0n) is 10.4. The van der Waals surface area contributed by atoms with Gasteiger partial charge >= 0.3 is 6.61 Å². The van der Waals surface area contributed by atoms with E-state index in [-0.39, 0.29) is 17.0 Å². The van der Waals surface area contributed by atoms with Crippen LogP contribution in [0.1, 0.15) is 10.4 Å². The number of rotatable bonds is 4. The largest absolute Gasteiger partial charge is 0.435 e. The number of carbonyl (C=O) groups is 1. The summed E-state index contributed by atoms with van der Waals surface area (Å²) in [7, 11) is 0. The molecule has 0 spiro atoms. The van der Waals surface area contributed by atoms with Crippen molar-refractivity contribution in [1.82, 2.24) is 0 Å². The lowest BCUT2D eigenvalue weighted by molar-refractivity contribution is -0.0498. The van der Waals surface area contributed by atoms with E-state index in [0.717, 1.165) is 18.2 Å². The molecule has 0 saturated heterocycles. The Balaban J connectivity index is 2.14. The van der Waals surface area contributed by atoms with Crippen molar-refractivity contribution >= 4 is 11.6 Å². The van der Waals surface area contributed by atoms with Crippen LogP contribution in [0.15, 0.2) is 42.5 Å². The lowest BCUT2D eigenvalue weighted by Crippen LogP contribution is -2.12. The van der Waals surface area contributed by atoms with Gasteiger partial charge in [-0.25, -0.2) is 8.78 Å². The van der Waals surface area contributed by atoms with Gasteiger partial charge in [0.1, 0.15) is 5.75 Å². The van der Waals surface area contributed by atoms with Crippen LogP contribution in [0.2, 0.25) is 0 Å². The first-order valence-electron chi connectivity index (χ1n) is 5.77. The van der Waals surface area contributed by atoms with Gasteiger partial charge in [0.15, 0.2) is 11.6 Å². The molecular weight excluding hydrogens is 290 g/mol. The Labute approximate surface area is 117 Å². The highest BCUT2D eigenvalue weighted by Crippen LogP contribution is 2.18. The van der Waals surface area contributed by atoms with Gasteiger partial charge < -0.3 is 10.1 Å². The lowest BCUT2D eigenvalue weighted by atomic mass is 10.2. The Morgan fingerprint density at radius 3 is 2.48 bits per heavy atom. The molecule has 0 bridgehead atoms. The summed E-state index contributed by atoms with van der Waals surface area (Å²) in [5.41, 5.74) is 0.0805. The van der Waals surface area contributed by atoms with E-state index in [1.165, 1.54) is 24.3 Å². The van der Waals surface area contributed by atoms with Crippen molar-refractivity contribution in [3.8, 4) is 5.75 Å². The molecule has 7 heteroatoms. The van der Waals surface area contributed by atoms with E-state index in [2.05, 4.69) is 10.1 Å². The van der Waals surface area contributed by atoms with Crippen LogP contribution >= 0.6 is 0 Å². The molecule has 0 aliphatic carbocycles. The van der Waals surface area contributed by atoms with Gasteiger partial charge in [-0.3, -0.25) is 4.79 Å². The summed E-state index contributed by atoms with van der Waals surface area (Å²) in [6.45, 7) is -3.01. The molecule has 2 rings (SSSR count). The maximum absolute atomic E-state index is 13.0. The quantitative estimate of drug-likeness (QED) is 0.872. The molecule has 0 radical (unpaired) electrons. The number of hydrogen-bond donors (Lipinski definition) is 1. The molecular formula is C14H9F4NO2. The molecule has 21 heavy (non-hydrogen) atoms. The van der Waals surface area contributed by atoms with Crippen LogP contribution in [0.3, 0.4) is 0 Å². The van der Waals surface area contributed by atoms with Crippen molar-refractivity contribution in [3.05, 3.63) is 59.7 Å². The molecule has 0 fully saturated rings.